The highest BCUT2D eigenvalue weighted by atomic mass is 35.5. The molecule has 0 aliphatic heterocycles. The molecule has 2 aromatic rings. The smallest absolute Gasteiger partial charge is 0.153 e. The third-order valence-corrected chi connectivity index (χ3v) is 2.12. The minimum Gasteiger partial charge on any atom is -0.237 e. The van der Waals surface area contributed by atoms with Crippen molar-refractivity contribution in [2.45, 2.75) is 0 Å². The van der Waals surface area contributed by atoms with Crippen LogP contribution >= 0.6 is 11.6 Å². The summed E-state index contributed by atoms with van der Waals surface area (Å²) < 4.78 is 12.9. The van der Waals surface area contributed by atoms with Crippen molar-refractivity contribution in [3.05, 3.63) is 58.9 Å². The molecule has 0 atom stereocenters. The molecule has 4 heteroatoms. The zero-order valence-corrected chi connectivity index (χ0v) is 9.03. The number of nitrogens with zero attached hydrogens (tertiary/aromatic N) is 2. The van der Waals surface area contributed by atoms with Gasteiger partial charge in [0.15, 0.2) is 5.82 Å². The van der Waals surface area contributed by atoms with Gasteiger partial charge in [-0.3, -0.25) is 0 Å². The van der Waals surface area contributed by atoms with Crippen LogP contribution in [0.1, 0.15) is 11.4 Å². The van der Waals surface area contributed by atoms with Crippen LogP contribution in [0.25, 0.3) is 12.2 Å². The van der Waals surface area contributed by atoms with Crippen LogP contribution in [0, 0.1) is 5.82 Å². The minimum atomic E-state index is -0.269. The van der Waals surface area contributed by atoms with Crippen molar-refractivity contribution in [1.29, 1.82) is 0 Å². The van der Waals surface area contributed by atoms with Gasteiger partial charge < -0.3 is 0 Å². The summed E-state index contributed by atoms with van der Waals surface area (Å²) in [6.07, 6.45) is 4.98. The van der Waals surface area contributed by atoms with Gasteiger partial charge in [0.1, 0.15) is 11.0 Å². The summed E-state index contributed by atoms with van der Waals surface area (Å²) in [7, 11) is 0. The molecular formula is C12H8ClFN2. The largest absolute Gasteiger partial charge is 0.237 e. The predicted octanol–water partition coefficient (Wildman–Crippen LogP) is 3.44. The fourth-order valence-corrected chi connectivity index (χ4v) is 1.35. The Morgan fingerprint density at radius 3 is 2.81 bits per heavy atom. The van der Waals surface area contributed by atoms with Crippen LogP contribution in [-0.2, 0) is 0 Å². The summed E-state index contributed by atoms with van der Waals surface area (Å²) in [6, 6.07) is 7.87. The van der Waals surface area contributed by atoms with Crippen molar-refractivity contribution in [2.75, 3.05) is 0 Å². The quantitative estimate of drug-likeness (QED) is 0.744. The zero-order valence-electron chi connectivity index (χ0n) is 8.27. The maximum Gasteiger partial charge on any atom is 0.153 e. The molecule has 2 nitrogen and oxygen atoms in total. The van der Waals surface area contributed by atoms with Crippen LogP contribution in [0.15, 0.2) is 36.5 Å². The lowest BCUT2D eigenvalue weighted by Crippen LogP contribution is -1.85. The zero-order chi connectivity index (χ0) is 11.4. The molecule has 2 rings (SSSR count). The number of hydrogen-bond acceptors (Lipinski definition) is 2. The van der Waals surface area contributed by atoms with Gasteiger partial charge in [-0.15, -0.1) is 0 Å². The van der Waals surface area contributed by atoms with E-state index in [0.29, 0.717) is 11.0 Å². The van der Waals surface area contributed by atoms with Gasteiger partial charge >= 0.3 is 0 Å². The third-order valence-electron chi connectivity index (χ3n) is 1.91. The standard InChI is InChI=1S/C12H8ClFN2/c13-11-6-7-15-12(16-11)5-4-9-2-1-3-10(14)8-9/h1-8H. The van der Waals surface area contributed by atoms with Crippen molar-refractivity contribution in [3.63, 3.8) is 0 Å². The number of hydrogen-bond donors (Lipinski definition) is 0. The van der Waals surface area contributed by atoms with Gasteiger partial charge in [0.2, 0.25) is 0 Å². The van der Waals surface area contributed by atoms with Gasteiger partial charge in [-0.05, 0) is 29.8 Å². The van der Waals surface area contributed by atoms with E-state index in [9.17, 15) is 4.39 Å². The molecule has 0 amide bonds. The lowest BCUT2D eigenvalue weighted by atomic mass is 10.2. The number of aromatic nitrogens is 2. The van der Waals surface area contributed by atoms with E-state index in [1.165, 1.54) is 12.1 Å². The van der Waals surface area contributed by atoms with E-state index in [-0.39, 0.29) is 5.82 Å². The van der Waals surface area contributed by atoms with Crippen molar-refractivity contribution < 1.29 is 4.39 Å². The summed E-state index contributed by atoms with van der Waals surface area (Å²) in [4.78, 5) is 7.99. The molecule has 0 saturated carbocycles. The SMILES string of the molecule is Fc1cccc(C=Cc2nccc(Cl)n2)c1. The van der Waals surface area contributed by atoms with Gasteiger partial charge in [-0.1, -0.05) is 29.8 Å². The van der Waals surface area contributed by atoms with Crippen LogP contribution in [0.5, 0.6) is 0 Å². The molecule has 1 heterocycles. The molecule has 0 aliphatic rings. The molecule has 0 aliphatic carbocycles. The van der Waals surface area contributed by atoms with Gasteiger partial charge in [0.05, 0.1) is 0 Å². The second-order valence-corrected chi connectivity index (χ2v) is 3.51. The molecule has 1 aromatic heterocycles. The molecule has 0 saturated heterocycles. The molecular weight excluding hydrogens is 227 g/mol. The van der Waals surface area contributed by atoms with Crippen molar-refractivity contribution in [2.24, 2.45) is 0 Å². The summed E-state index contributed by atoms with van der Waals surface area (Å²) in [5.41, 5.74) is 0.753. The predicted molar refractivity (Wildman–Crippen MR) is 62.4 cm³/mol. The van der Waals surface area contributed by atoms with Crippen molar-refractivity contribution in [1.82, 2.24) is 9.97 Å². The molecule has 0 N–H and O–H groups in total. The lowest BCUT2D eigenvalue weighted by Gasteiger charge is -1.94. The van der Waals surface area contributed by atoms with E-state index in [4.69, 9.17) is 11.6 Å². The second kappa shape index (κ2) is 4.86. The first-order chi connectivity index (χ1) is 7.74. The highest BCUT2D eigenvalue weighted by molar-refractivity contribution is 6.29. The Kier molecular flexibility index (Phi) is 3.27. The first kappa shape index (κ1) is 10.8. The van der Waals surface area contributed by atoms with E-state index in [0.717, 1.165) is 5.56 Å². The van der Waals surface area contributed by atoms with Crippen LogP contribution < -0.4 is 0 Å². The number of benzene rings is 1. The summed E-state index contributed by atoms with van der Waals surface area (Å²) in [5, 5.41) is 0.383. The molecule has 0 fully saturated rings. The van der Waals surface area contributed by atoms with E-state index in [1.54, 1.807) is 36.5 Å². The minimum absolute atomic E-state index is 0.269. The maximum absolute atomic E-state index is 12.9. The summed E-state index contributed by atoms with van der Waals surface area (Å²) in [5.74, 6) is 0.228. The molecule has 0 spiro atoms. The summed E-state index contributed by atoms with van der Waals surface area (Å²) in [6.45, 7) is 0. The molecule has 16 heavy (non-hydrogen) atoms. The van der Waals surface area contributed by atoms with Gasteiger partial charge in [0.25, 0.3) is 0 Å². The Balaban J connectivity index is 2.21. The normalized spacial score (nSPS) is 10.9. The first-order valence-corrected chi connectivity index (χ1v) is 5.04. The van der Waals surface area contributed by atoms with Crippen LogP contribution in [0.3, 0.4) is 0 Å². The van der Waals surface area contributed by atoms with Crippen LogP contribution in [0.2, 0.25) is 5.15 Å². The van der Waals surface area contributed by atoms with Crippen LogP contribution in [0.4, 0.5) is 4.39 Å². The average molecular weight is 235 g/mol. The second-order valence-electron chi connectivity index (χ2n) is 3.13. The molecule has 0 bridgehead atoms. The highest BCUT2D eigenvalue weighted by Gasteiger charge is 1.93. The first-order valence-electron chi connectivity index (χ1n) is 4.66. The van der Waals surface area contributed by atoms with Gasteiger partial charge in [-0.2, -0.15) is 0 Å². The van der Waals surface area contributed by atoms with Gasteiger partial charge in [-0.25, -0.2) is 14.4 Å². The fraction of sp³-hybridized carbons (Fsp3) is 0. The molecule has 0 radical (unpaired) electrons. The molecule has 1 aromatic carbocycles. The Bertz CT molecular complexity index is 478. The van der Waals surface area contributed by atoms with Gasteiger partial charge in [0, 0.05) is 6.20 Å². The Labute approximate surface area is 97.4 Å². The summed E-state index contributed by atoms with van der Waals surface area (Å²) >= 11 is 5.71. The molecule has 0 unspecified atom stereocenters. The van der Waals surface area contributed by atoms with E-state index < -0.39 is 0 Å². The third kappa shape index (κ3) is 2.87. The number of halogens is 2. The van der Waals surface area contributed by atoms with Crippen molar-refractivity contribution in [3.8, 4) is 0 Å². The van der Waals surface area contributed by atoms with E-state index in [1.807, 2.05) is 0 Å². The molecule has 80 valence electrons. The monoisotopic (exact) mass is 234 g/mol. The Hall–Kier alpha value is -1.74. The lowest BCUT2D eigenvalue weighted by molar-refractivity contribution is 0.627. The Morgan fingerprint density at radius 1 is 1.19 bits per heavy atom. The average Bonchev–Trinajstić information content (AvgIpc) is 2.27. The Morgan fingerprint density at radius 2 is 2.06 bits per heavy atom. The maximum atomic E-state index is 12.9. The van der Waals surface area contributed by atoms with E-state index in [2.05, 4.69) is 9.97 Å². The van der Waals surface area contributed by atoms with E-state index >= 15 is 0 Å². The highest BCUT2D eigenvalue weighted by Crippen LogP contribution is 2.08. The topological polar surface area (TPSA) is 25.8 Å². The van der Waals surface area contributed by atoms with Crippen molar-refractivity contribution >= 4 is 23.8 Å². The van der Waals surface area contributed by atoms with Crippen LogP contribution in [-0.4, -0.2) is 9.97 Å². The fourth-order valence-electron chi connectivity index (χ4n) is 1.21. The number of rotatable bonds is 2.